The lowest BCUT2D eigenvalue weighted by Gasteiger charge is -2.45. The Hall–Kier alpha value is -3.28. The molecule has 0 saturated heterocycles. The summed E-state index contributed by atoms with van der Waals surface area (Å²) in [7, 11) is 1.64. The molecule has 2 aromatic carbocycles. The molecule has 2 aliphatic rings. The molecule has 1 atom stereocenters. The molecule has 1 aliphatic carbocycles. The van der Waals surface area contributed by atoms with Crippen LogP contribution < -0.4 is 10.1 Å². The van der Waals surface area contributed by atoms with E-state index in [-0.39, 0.29) is 17.9 Å². The van der Waals surface area contributed by atoms with Crippen molar-refractivity contribution in [3.8, 4) is 5.75 Å². The van der Waals surface area contributed by atoms with Crippen LogP contribution >= 0.6 is 0 Å². The Kier molecular flexibility index (Phi) is 6.54. The first-order chi connectivity index (χ1) is 17.0. The van der Waals surface area contributed by atoms with Gasteiger partial charge in [0.15, 0.2) is 0 Å². The van der Waals surface area contributed by atoms with Crippen LogP contribution in [0.3, 0.4) is 0 Å². The number of carbonyl (C=O) groups excluding carboxylic acids is 2. The third-order valence-electron chi connectivity index (χ3n) is 7.76. The Labute approximate surface area is 207 Å². The molecule has 0 unspecified atom stereocenters. The zero-order valence-electron chi connectivity index (χ0n) is 20.8. The van der Waals surface area contributed by atoms with Crippen molar-refractivity contribution in [3.05, 3.63) is 65.9 Å². The molecule has 1 fully saturated rings. The molecule has 0 bridgehead atoms. The van der Waals surface area contributed by atoms with E-state index in [0.29, 0.717) is 18.8 Å². The fraction of sp³-hybridized carbons (Fsp3) is 0.448. The molecule has 2 heterocycles. The van der Waals surface area contributed by atoms with E-state index >= 15 is 0 Å². The average Bonchev–Trinajstić information content (AvgIpc) is 3.24. The maximum Gasteiger partial charge on any atom is 0.271 e. The number of nitrogens with zero attached hydrogens (tertiary/aromatic N) is 2. The standard InChI is InChI=1S/C29H35N3O3/c1-29(28(34)30-23-13-7-4-8-14-23)20-31-25-19-24(35-2)16-15-22(25)18-26(31)27(33)32(29)17-9-12-21-10-5-3-6-11-21/h3,5-6,10-11,15-16,18-19,23H,4,7-9,12-14,17,20H2,1-2H3,(H,30,34)/t29-/m0/s1. The molecule has 3 aromatic rings. The summed E-state index contributed by atoms with van der Waals surface area (Å²) in [6, 6.07) is 18.3. The van der Waals surface area contributed by atoms with Gasteiger partial charge in [0.25, 0.3) is 5.91 Å². The molecule has 6 nitrogen and oxygen atoms in total. The second-order valence-electron chi connectivity index (χ2n) is 10.2. The highest BCUT2D eigenvalue weighted by Crippen LogP contribution is 2.34. The van der Waals surface area contributed by atoms with Crippen LogP contribution in [-0.2, 0) is 17.8 Å². The molecule has 1 aromatic heterocycles. The normalized spacial score (nSPS) is 20.6. The van der Waals surface area contributed by atoms with Crippen LogP contribution in [0.4, 0.5) is 0 Å². The van der Waals surface area contributed by atoms with Gasteiger partial charge in [0.1, 0.15) is 17.0 Å². The SMILES string of the molecule is COc1ccc2cc3n(c2c1)C[C@@](C)(C(=O)NC1CCCCC1)N(CCCc1ccccc1)C3=O. The molecule has 184 valence electrons. The summed E-state index contributed by atoms with van der Waals surface area (Å²) in [4.78, 5) is 29.5. The first-order valence-corrected chi connectivity index (χ1v) is 12.8. The topological polar surface area (TPSA) is 63.6 Å². The quantitative estimate of drug-likeness (QED) is 0.528. The van der Waals surface area contributed by atoms with Crippen LogP contribution in [0.15, 0.2) is 54.6 Å². The molecule has 5 rings (SSSR count). The summed E-state index contributed by atoms with van der Waals surface area (Å²) < 4.78 is 7.45. The van der Waals surface area contributed by atoms with E-state index in [1.165, 1.54) is 12.0 Å². The number of carbonyl (C=O) groups is 2. The van der Waals surface area contributed by atoms with E-state index in [2.05, 4.69) is 17.4 Å². The minimum Gasteiger partial charge on any atom is -0.497 e. The summed E-state index contributed by atoms with van der Waals surface area (Å²) in [5.74, 6) is 0.609. The van der Waals surface area contributed by atoms with Crippen molar-refractivity contribution in [1.29, 1.82) is 0 Å². The lowest BCUT2D eigenvalue weighted by molar-refractivity contribution is -0.133. The monoisotopic (exact) mass is 473 g/mol. The minimum atomic E-state index is -0.965. The number of fused-ring (bicyclic) bond motifs is 3. The van der Waals surface area contributed by atoms with Gasteiger partial charge >= 0.3 is 0 Å². The molecular weight excluding hydrogens is 438 g/mol. The lowest BCUT2D eigenvalue weighted by Crippen LogP contribution is -2.65. The summed E-state index contributed by atoms with van der Waals surface area (Å²) in [5.41, 5.74) is 1.84. The van der Waals surface area contributed by atoms with E-state index in [0.717, 1.165) is 55.2 Å². The van der Waals surface area contributed by atoms with Crippen molar-refractivity contribution >= 4 is 22.7 Å². The van der Waals surface area contributed by atoms with E-state index < -0.39 is 5.54 Å². The first-order valence-electron chi connectivity index (χ1n) is 12.8. The molecule has 35 heavy (non-hydrogen) atoms. The summed E-state index contributed by atoms with van der Waals surface area (Å²) in [5, 5.41) is 4.29. The van der Waals surface area contributed by atoms with Gasteiger partial charge in [-0.25, -0.2) is 0 Å². The van der Waals surface area contributed by atoms with Crippen molar-refractivity contribution in [2.75, 3.05) is 13.7 Å². The molecule has 0 radical (unpaired) electrons. The second kappa shape index (κ2) is 9.76. The molecule has 1 N–H and O–H groups in total. The van der Waals surface area contributed by atoms with Crippen LogP contribution in [-0.4, -0.2) is 46.5 Å². The number of nitrogens with one attached hydrogen (secondary N) is 1. The number of methoxy groups -OCH3 is 1. The molecule has 1 aliphatic heterocycles. The largest absolute Gasteiger partial charge is 0.497 e. The van der Waals surface area contributed by atoms with Crippen molar-refractivity contribution < 1.29 is 14.3 Å². The van der Waals surface area contributed by atoms with Gasteiger partial charge < -0.3 is 19.5 Å². The van der Waals surface area contributed by atoms with Crippen molar-refractivity contribution in [1.82, 2.24) is 14.8 Å². The Morgan fingerprint density at radius 1 is 1.09 bits per heavy atom. The molecule has 6 heteroatoms. The van der Waals surface area contributed by atoms with Gasteiger partial charge in [-0.2, -0.15) is 0 Å². The minimum absolute atomic E-state index is 0.0483. The Morgan fingerprint density at radius 2 is 1.86 bits per heavy atom. The van der Waals surface area contributed by atoms with Gasteiger partial charge in [-0.3, -0.25) is 9.59 Å². The molecule has 1 saturated carbocycles. The predicted molar refractivity (Wildman–Crippen MR) is 138 cm³/mol. The van der Waals surface area contributed by atoms with E-state index in [4.69, 9.17) is 4.74 Å². The smallest absolute Gasteiger partial charge is 0.271 e. The number of ether oxygens (including phenoxy) is 1. The predicted octanol–water partition coefficient (Wildman–Crippen LogP) is 4.95. The van der Waals surface area contributed by atoms with Crippen molar-refractivity contribution in [3.63, 3.8) is 0 Å². The third-order valence-corrected chi connectivity index (χ3v) is 7.76. The zero-order valence-corrected chi connectivity index (χ0v) is 20.8. The highest BCUT2D eigenvalue weighted by atomic mass is 16.5. The summed E-state index contributed by atoms with van der Waals surface area (Å²) >= 11 is 0. The van der Waals surface area contributed by atoms with E-state index in [1.54, 1.807) is 7.11 Å². The van der Waals surface area contributed by atoms with Gasteiger partial charge in [0.2, 0.25) is 5.91 Å². The average molecular weight is 474 g/mol. The lowest BCUT2D eigenvalue weighted by atomic mass is 9.91. The number of hydrogen-bond donors (Lipinski definition) is 1. The van der Waals surface area contributed by atoms with E-state index in [9.17, 15) is 9.59 Å². The number of rotatable bonds is 7. The molecular formula is C29H35N3O3. The van der Waals surface area contributed by atoms with Gasteiger partial charge in [-0.1, -0.05) is 49.6 Å². The van der Waals surface area contributed by atoms with Gasteiger partial charge in [0.05, 0.1) is 19.2 Å². The van der Waals surface area contributed by atoms with Crippen LogP contribution in [0.1, 0.15) is 61.5 Å². The Balaban J connectivity index is 1.46. The third kappa shape index (κ3) is 4.54. The molecule has 0 spiro atoms. The summed E-state index contributed by atoms with van der Waals surface area (Å²) in [6.45, 7) is 2.89. The second-order valence-corrected chi connectivity index (χ2v) is 10.2. The van der Waals surface area contributed by atoms with E-state index in [1.807, 2.05) is 58.9 Å². The zero-order chi connectivity index (χ0) is 24.4. The van der Waals surface area contributed by atoms with Crippen LogP contribution in [0.25, 0.3) is 10.9 Å². The molecule has 2 amide bonds. The van der Waals surface area contributed by atoms with Crippen LogP contribution in [0.5, 0.6) is 5.75 Å². The van der Waals surface area contributed by atoms with Crippen LogP contribution in [0.2, 0.25) is 0 Å². The van der Waals surface area contributed by atoms with Crippen molar-refractivity contribution in [2.45, 2.75) is 70.0 Å². The van der Waals surface area contributed by atoms with Gasteiger partial charge in [0, 0.05) is 24.0 Å². The maximum absolute atomic E-state index is 13.9. The maximum atomic E-state index is 13.9. The summed E-state index contributed by atoms with van der Waals surface area (Å²) in [6.07, 6.45) is 7.22. The fourth-order valence-corrected chi connectivity index (χ4v) is 5.68. The first kappa shape index (κ1) is 23.5. The Bertz CT molecular complexity index is 1210. The van der Waals surface area contributed by atoms with Gasteiger partial charge in [-0.05, 0) is 56.4 Å². The number of benzene rings is 2. The Morgan fingerprint density at radius 3 is 2.60 bits per heavy atom. The highest BCUT2D eigenvalue weighted by molar-refractivity contribution is 6.03. The highest BCUT2D eigenvalue weighted by Gasteiger charge is 2.47. The van der Waals surface area contributed by atoms with Crippen LogP contribution in [0, 0.1) is 0 Å². The number of aryl methyl sites for hydroxylation is 1. The number of hydrogen-bond acceptors (Lipinski definition) is 3. The van der Waals surface area contributed by atoms with Crippen molar-refractivity contribution in [2.24, 2.45) is 0 Å². The fourth-order valence-electron chi connectivity index (χ4n) is 5.68. The van der Waals surface area contributed by atoms with Gasteiger partial charge in [-0.15, -0.1) is 0 Å². The number of amides is 2. The number of aromatic nitrogens is 1.